The summed E-state index contributed by atoms with van der Waals surface area (Å²) in [6, 6.07) is 0.513. The maximum atomic E-state index is 4.95. The van der Waals surface area contributed by atoms with Crippen LogP contribution in [0.2, 0.25) is 0 Å². The number of nitrogens with one attached hydrogen (secondary N) is 1. The Morgan fingerprint density at radius 2 is 2.42 bits per heavy atom. The SMILES string of the molecule is CCC(C)N(C)c1n[nH]c(=S)s1. The molecule has 0 aliphatic heterocycles. The van der Waals surface area contributed by atoms with Crippen molar-refractivity contribution in [2.24, 2.45) is 0 Å². The molecule has 0 aliphatic rings. The van der Waals surface area contributed by atoms with E-state index in [0.717, 1.165) is 15.5 Å². The highest BCUT2D eigenvalue weighted by Crippen LogP contribution is 2.18. The Kier molecular flexibility index (Phi) is 3.22. The van der Waals surface area contributed by atoms with Crippen molar-refractivity contribution in [2.45, 2.75) is 26.3 Å². The molecule has 0 fully saturated rings. The van der Waals surface area contributed by atoms with Crippen LogP contribution in [0, 0.1) is 3.95 Å². The zero-order valence-corrected chi connectivity index (χ0v) is 9.13. The molecule has 1 aromatic heterocycles. The zero-order valence-electron chi connectivity index (χ0n) is 7.50. The second-order valence-electron chi connectivity index (χ2n) is 2.76. The quantitative estimate of drug-likeness (QED) is 0.766. The molecule has 0 radical (unpaired) electrons. The van der Waals surface area contributed by atoms with E-state index in [2.05, 4.69) is 28.9 Å². The Labute approximate surface area is 81.4 Å². The molecule has 1 aromatic rings. The second-order valence-corrected chi connectivity index (χ2v) is 4.41. The molecule has 0 bridgehead atoms. The van der Waals surface area contributed by atoms with E-state index >= 15 is 0 Å². The van der Waals surface area contributed by atoms with E-state index in [0.29, 0.717) is 6.04 Å². The van der Waals surface area contributed by atoms with Crippen molar-refractivity contribution in [3.8, 4) is 0 Å². The first-order valence-corrected chi connectivity index (χ1v) is 5.16. The summed E-state index contributed by atoms with van der Waals surface area (Å²) in [5.41, 5.74) is 0. The molecule has 68 valence electrons. The predicted molar refractivity (Wildman–Crippen MR) is 55.5 cm³/mol. The highest BCUT2D eigenvalue weighted by atomic mass is 32.1. The molecule has 3 nitrogen and oxygen atoms in total. The lowest BCUT2D eigenvalue weighted by Crippen LogP contribution is -2.27. The van der Waals surface area contributed by atoms with Crippen molar-refractivity contribution >= 4 is 28.7 Å². The number of nitrogens with zero attached hydrogens (tertiary/aromatic N) is 2. The minimum Gasteiger partial charge on any atom is -0.347 e. The third-order valence-electron chi connectivity index (χ3n) is 1.98. The van der Waals surface area contributed by atoms with Crippen LogP contribution >= 0.6 is 23.6 Å². The summed E-state index contributed by atoms with van der Waals surface area (Å²) in [7, 11) is 2.04. The number of hydrogen-bond donors (Lipinski definition) is 1. The number of aromatic nitrogens is 2. The topological polar surface area (TPSA) is 31.9 Å². The molecule has 1 rings (SSSR count). The normalized spacial score (nSPS) is 12.9. The molecule has 0 saturated carbocycles. The summed E-state index contributed by atoms with van der Waals surface area (Å²) in [6.45, 7) is 4.33. The van der Waals surface area contributed by atoms with Crippen molar-refractivity contribution in [3.05, 3.63) is 3.95 Å². The first-order valence-electron chi connectivity index (χ1n) is 3.93. The van der Waals surface area contributed by atoms with Crippen LogP contribution in [0.15, 0.2) is 0 Å². The van der Waals surface area contributed by atoms with Crippen LogP contribution in [0.5, 0.6) is 0 Å². The average Bonchev–Trinajstić information content (AvgIpc) is 2.49. The first-order chi connectivity index (χ1) is 5.65. The number of hydrogen-bond acceptors (Lipinski definition) is 4. The standard InChI is InChI=1S/C7H13N3S2/c1-4-5(2)10(3)6-8-9-7(11)12-6/h5H,4H2,1-3H3,(H,9,11). The van der Waals surface area contributed by atoms with Gasteiger partial charge in [0.05, 0.1) is 0 Å². The summed E-state index contributed by atoms with van der Waals surface area (Å²) in [6.07, 6.45) is 1.11. The fourth-order valence-corrected chi connectivity index (χ4v) is 1.78. The van der Waals surface area contributed by atoms with Gasteiger partial charge in [-0.25, -0.2) is 0 Å². The second kappa shape index (κ2) is 4.00. The van der Waals surface area contributed by atoms with Gasteiger partial charge in [0.1, 0.15) is 0 Å². The first kappa shape index (κ1) is 9.67. The smallest absolute Gasteiger partial charge is 0.206 e. The Morgan fingerprint density at radius 1 is 1.75 bits per heavy atom. The lowest BCUT2D eigenvalue weighted by atomic mass is 10.2. The molecule has 0 spiro atoms. The molecule has 0 saturated heterocycles. The van der Waals surface area contributed by atoms with Crippen molar-refractivity contribution in [1.29, 1.82) is 0 Å². The van der Waals surface area contributed by atoms with Gasteiger partial charge in [0.15, 0.2) is 3.95 Å². The molecule has 0 aromatic carbocycles. The third kappa shape index (κ3) is 2.04. The fourth-order valence-electron chi connectivity index (χ4n) is 0.835. The Balaban J connectivity index is 2.77. The van der Waals surface area contributed by atoms with Gasteiger partial charge in [-0.2, -0.15) is 0 Å². The van der Waals surface area contributed by atoms with Crippen LogP contribution in [0.1, 0.15) is 20.3 Å². The Hall–Kier alpha value is -0.420. The Bertz CT molecular complexity index is 291. The van der Waals surface area contributed by atoms with Gasteiger partial charge in [0, 0.05) is 13.1 Å². The summed E-state index contributed by atoms with van der Waals surface area (Å²) >= 11 is 6.46. The minimum absolute atomic E-state index is 0.513. The lowest BCUT2D eigenvalue weighted by Gasteiger charge is -2.21. The van der Waals surface area contributed by atoms with Gasteiger partial charge in [-0.3, -0.25) is 5.10 Å². The summed E-state index contributed by atoms with van der Waals surface area (Å²) < 4.78 is 0.736. The van der Waals surface area contributed by atoms with E-state index < -0.39 is 0 Å². The van der Waals surface area contributed by atoms with Crippen LogP contribution in [0.3, 0.4) is 0 Å². The van der Waals surface area contributed by atoms with Crippen LogP contribution in [-0.4, -0.2) is 23.3 Å². The highest BCUT2D eigenvalue weighted by Gasteiger charge is 2.10. The van der Waals surface area contributed by atoms with Gasteiger partial charge in [0.25, 0.3) is 0 Å². The van der Waals surface area contributed by atoms with E-state index in [-0.39, 0.29) is 0 Å². The monoisotopic (exact) mass is 203 g/mol. The number of aromatic amines is 1. The van der Waals surface area contributed by atoms with E-state index in [9.17, 15) is 0 Å². The van der Waals surface area contributed by atoms with Crippen molar-refractivity contribution < 1.29 is 0 Å². The van der Waals surface area contributed by atoms with Gasteiger partial charge in [-0.15, -0.1) is 5.10 Å². The molecular formula is C7H13N3S2. The van der Waals surface area contributed by atoms with E-state index in [1.54, 1.807) is 0 Å². The van der Waals surface area contributed by atoms with Gasteiger partial charge in [0.2, 0.25) is 5.13 Å². The molecular weight excluding hydrogens is 190 g/mol. The summed E-state index contributed by atoms with van der Waals surface area (Å²) in [5, 5.41) is 7.84. The van der Waals surface area contributed by atoms with Gasteiger partial charge < -0.3 is 4.90 Å². The predicted octanol–water partition coefficient (Wildman–Crippen LogP) is 2.44. The van der Waals surface area contributed by atoms with E-state index in [1.165, 1.54) is 11.3 Å². The van der Waals surface area contributed by atoms with Crippen LogP contribution < -0.4 is 4.90 Å². The Morgan fingerprint density at radius 3 is 2.83 bits per heavy atom. The van der Waals surface area contributed by atoms with Gasteiger partial charge in [-0.05, 0) is 25.6 Å². The fraction of sp³-hybridized carbons (Fsp3) is 0.714. The molecule has 0 aliphatic carbocycles. The van der Waals surface area contributed by atoms with Gasteiger partial charge in [-0.1, -0.05) is 18.3 Å². The average molecular weight is 203 g/mol. The molecule has 5 heteroatoms. The summed E-state index contributed by atoms with van der Waals surface area (Å²) in [4.78, 5) is 2.14. The molecule has 1 unspecified atom stereocenters. The third-order valence-corrected chi connectivity index (χ3v) is 3.16. The largest absolute Gasteiger partial charge is 0.347 e. The summed E-state index contributed by atoms with van der Waals surface area (Å²) in [5.74, 6) is 0. The zero-order chi connectivity index (χ0) is 9.14. The maximum absolute atomic E-state index is 4.95. The molecule has 1 N–H and O–H groups in total. The van der Waals surface area contributed by atoms with Crippen LogP contribution in [-0.2, 0) is 0 Å². The maximum Gasteiger partial charge on any atom is 0.206 e. The van der Waals surface area contributed by atoms with E-state index in [4.69, 9.17) is 12.2 Å². The molecule has 0 amide bonds. The number of H-pyrrole nitrogens is 1. The highest BCUT2D eigenvalue weighted by molar-refractivity contribution is 7.73. The number of rotatable bonds is 3. The number of anilines is 1. The van der Waals surface area contributed by atoms with Crippen molar-refractivity contribution in [2.75, 3.05) is 11.9 Å². The van der Waals surface area contributed by atoms with Crippen LogP contribution in [0.4, 0.5) is 5.13 Å². The van der Waals surface area contributed by atoms with Crippen LogP contribution in [0.25, 0.3) is 0 Å². The molecule has 1 atom stereocenters. The minimum atomic E-state index is 0.513. The molecule has 12 heavy (non-hydrogen) atoms. The molecule has 1 heterocycles. The van der Waals surface area contributed by atoms with Gasteiger partial charge >= 0.3 is 0 Å². The van der Waals surface area contributed by atoms with E-state index in [1.807, 2.05) is 7.05 Å². The van der Waals surface area contributed by atoms with Crippen molar-refractivity contribution in [3.63, 3.8) is 0 Å². The van der Waals surface area contributed by atoms with Crippen molar-refractivity contribution in [1.82, 2.24) is 10.2 Å². The lowest BCUT2D eigenvalue weighted by molar-refractivity contribution is 0.659.